The minimum Gasteiger partial charge on any atom is -0.353 e. The average Bonchev–Trinajstić information content (AvgIpc) is 2.00. The number of carbonyl (C=O) groups is 1. The summed E-state index contributed by atoms with van der Waals surface area (Å²) in [5, 5.41) is 3.12. The molecule has 1 amide bonds. The number of nitrogens with one attached hydrogen (secondary N) is 1. The van der Waals surface area contributed by atoms with E-state index in [1.807, 2.05) is 0 Å². The molecular weight excluding hydrogens is 176 g/mol. The number of amides is 1. The van der Waals surface area contributed by atoms with Crippen LogP contribution in [-0.4, -0.2) is 18.5 Å². The molecule has 2 saturated carbocycles. The SMILES string of the molecule is CC1CC(NC(=O)C2(CN)CCC2)C1. The highest BCUT2D eigenvalue weighted by molar-refractivity contribution is 5.84. The second-order valence-electron chi connectivity index (χ2n) is 5.08. The van der Waals surface area contributed by atoms with Crippen LogP contribution in [-0.2, 0) is 4.79 Å². The van der Waals surface area contributed by atoms with Crippen LogP contribution in [0.3, 0.4) is 0 Å². The Morgan fingerprint density at radius 2 is 2.14 bits per heavy atom. The molecule has 3 heteroatoms. The highest BCUT2D eigenvalue weighted by atomic mass is 16.2. The molecule has 80 valence electrons. The molecule has 14 heavy (non-hydrogen) atoms. The van der Waals surface area contributed by atoms with Crippen molar-refractivity contribution in [3.63, 3.8) is 0 Å². The molecule has 2 rings (SSSR count). The Morgan fingerprint density at radius 1 is 1.50 bits per heavy atom. The number of nitrogens with two attached hydrogens (primary N) is 1. The summed E-state index contributed by atoms with van der Waals surface area (Å²) >= 11 is 0. The fourth-order valence-electron chi connectivity index (χ4n) is 2.49. The fraction of sp³-hybridized carbons (Fsp3) is 0.909. The molecule has 0 aromatic carbocycles. The van der Waals surface area contributed by atoms with Gasteiger partial charge in [0.25, 0.3) is 0 Å². The van der Waals surface area contributed by atoms with E-state index in [2.05, 4.69) is 12.2 Å². The molecule has 0 aliphatic heterocycles. The van der Waals surface area contributed by atoms with E-state index in [4.69, 9.17) is 5.73 Å². The first-order valence-electron chi connectivity index (χ1n) is 5.67. The van der Waals surface area contributed by atoms with Crippen LogP contribution in [0.1, 0.15) is 39.0 Å². The monoisotopic (exact) mass is 196 g/mol. The molecule has 2 fully saturated rings. The lowest BCUT2D eigenvalue weighted by atomic mass is 9.67. The topological polar surface area (TPSA) is 55.1 Å². The van der Waals surface area contributed by atoms with Crippen molar-refractivity contribution in [3.8, 4) is 0 Å². The van der Waals surface area contributed by atoms with Crippen LogP contribution in [0.15, 0.2) is 0 Å². The van der Waals surface area contributed by atoms with Crippen molar-refractivity contribution < 1.29 is 4.79 Å². The molecular formula is C11H20N2O. The van der Waals surface area contributed by atoms with Crippen LogP contribution in [0.25, 0.3) is 0 Å². The van der Waals surface area contributed by atoms with Gasteiger partial charge in [-0.05, 0) is 31.6 Å². The molecule has 0 aromatic rings. The van der Waals surface area contributed by atoms with Crippen LogP contribution < -0.4 is 11.1 Å². The third kappa shape index (κ3) is 1.54. The van der Waals surface area contributed by atoms with Crippen LogP contribution in [0.5, 0.6) is 0 Å². The van der Waals surface area contributed by atoms with Gasteiger partial charge >= 0.3 is 0 Å². The van der Waals surface area contributed by atoms with E-state index in [9.17, 15) is 4.79 Å². The zero-order valence-electron chi connectivity index (χ0n) is 8.88. The van der Waals surface area contributed by atoms with Crippen molar-refractivity contribution in [1.82, 2.24) is 5.32 Å². The molecule has 0 atom stereocenters. The molecule has 0 unspecified atom stereocenters. The maximum atomic E-state index is 11.9. The van der Waals surface area contributed by atoms with Crippen molar-refractivity contribution in [2.45, 2.75) is 45.1 Å². The first-order valence-corrected chi connectivity index (χ1v) is 5.67. The summed E-state index contributed by atoms with van der Waals surface area (Å²) in [6.45, 7) is 2.74. The maximum absolute atomic E-state index is 11.9. The van der Waals surface area contributed by atoms with Crippen LogP contribution in [0.4, 0.5) is 0 Å². The fourth-order valence-corrected chi connectivity index (χ4v) is 2.49. The van der Waals surface area contributed by atoms with E-state index >= 15 is 0 Å². The van der Waals surface area contributed by atoms with Gasteiger partial charge < -0.3 is 11.1 Å². The second kappa shape index (κ2) is 3.54. The first-order chi connectivity index (χ1) is 6.66. The van der Waals surface area contributed by atoms with E-state index in [1.54, 1.807) is 0 Å². The molecule has 0 heterocycles. The van der Waals surface area contributed by atoms with Gasteiger partial charge in [-0.2, -0.15) is 0 Å². The molecule has 2 aliphatic carbocycles. The van der Waals surface area contributed by atoms with E-state index in [-0.39, 0.29) is 11.3 Å². The Hall–Kier alpha value is -0.570. The second-order valence-corrected chi connectivity index (χ2v) is 5.08. The van der Waals surface area contributed by atoms with E-state index in [1.165, 1.54) is 0 Å². The normalized spacial score (nSPS) is 34.1. The Kier molecular flexibility index (Phi) is 2.52. The predicted octanol–water partition coefficient (Wildman–Crippen LogP) is 1.03. The lowest BCUT2D eigenvalue weighted by Gasteiger charge is -2.42. The predicted molar refractivity (Wildman–Crippen MR) is 55.7 cm³/mol. The van der Waals surface area contributed by atoms with Gasteiger partial charge in [-0.25, -0.2) is 0 Å². The summed E-state index contributed by atoms with van der Waals surface area (Å²) in [6.07, 6.45) is 5.42. The molecule has 3 N–H and O–H groups in total. The summed E-state index contributed by atoms with van der Waals surface area (Å²) < 4.78 is 0. The van der Waals surface area contributed by atoms with Gasteiger partial charge in [0, 0.05) is 12.6 Å². The highest BCUT2D eigenvalue weighted by Crippen LogP contribution is 2.40. The lowest BCUT2D eigenvalue weighted by Crippen LogP contribution is -2.55. The quantitative estimate of drug-likeness (QED) is 0.708. The smallest absolute Gasteiger partial charge is 0.227 e. The number of hydrogen-bond donors (Lipinski definition) is 2. The Balaban J connectivity index is 1.83. The van der Waals surface area contributed by atoms with Crippen LogP contribution in [0.2, 0.25) is 0 Å². The molecule has 0 saturated heterocycles. The zero-order valence-corrected chi connectivity index (χ0v) is 8.88. The molecule has 0 aromatic heterocycles. The third-order valence-corrected chi connectivity index (χ3v) is 3.89. The van der Waals surface area contributed by atoms with Crippen LogP contribution in [0, 0.1) is 11.3 Å². The number of rotatable bonds is 3. The molecule has 0 radical (unpaired) electrons. The minimum atomic E-state index is -0.196. The van der Waals surface area contributed by atoms with Crippen molar-refractivity contribution in [2.24, 2.45) is 17.1 Å². The van der Waals surface area contributed by atoms with Crippen molar-refractivity contribution in [3.05, 3.63) is 0 Å². The highest BCUT2D eigenvalue weighted by Gasteiger charge is 2.44. The summed E-state index contributed by atoms with van der Waals surface area (Å²) in [4.78, 5) is 11.9. The maximum Gasteiger partial charge on any atom is 0.227 e. The summed E-state index contributed by atoms with van der Waals surface area (Å²) in [6, 6.07) is 0.432. The zero-order chi connectivity index (χ0) is 10.2. The number of hydrogen-bond acceptors (Lipinski definition) is 2. The number of carbonyl (C=O) groups excluding carboxylic acids is 1. The average molecular weight is 196 g/mol. The largest absolute Gasteiger partial charge is 0.353 e. The summed E-state index contributed by atoms with van der Waals surface area (Å²) in [5.41, 5.74) is 5.48. The van der Waals surface area contributed by atoms with Crippen molar-refractivity contribution in [1.29, 1.82) is 0 Å². The Morgan fingerprint density at radius 3 is 2.50 bits per heavy atom. The van der Waals surface area contributed by atoms with Gasteiger partial charge in [0.1, 0.15) is 0 Å². The van der Waals surface area contributed by atoms with E-state index in [0.29, 0.717) is 12.6 Å². The standard InChI is InChI=1S/C11H20N2O/c1-8-5-9(6-8)13-10(14)11(7-12)3-2-4-11/h8-9H,2-7,12H2,1H3,(H,13,14). The lowest BCUT2D eigenvalue weighted by molar-refractivity contribution is -0.136. The van der Waals surface area contributed by atoms with E-state index < -0.39 is 0 Å². The Labute approximate surface area is 85.4 Å². The van der Waals surface area contributed by atoms with Gasteiger partial charge in [-0.1, -0.05) is 13.3 Å². The summed E-state index contributed by atoms with van der Waals surface area (Å²) in [5.74, 6) is 0.999. The van der Waals surface area contributed by atoms with Gasteiger partial charge in [0.05, 0.1) is 5.41 Å². The third-order valence-electron chi connectivity index (χ3n) is 3.89. The van der Waals surface area contributed by atoms with Gasteiger partial charge in [-0.3, -0.25) is 4.79 Å². The van der Waals surface area contributed by atoms with Crippen molar-refractivity contribution >= 4 is 5.91 Å². The molecule has 0 bridgehead atoms. The van der Waals surface area contributed by atoms with Crippen LogP contribution >= 0.6 is 0 Å². The Bertz CT molecular complexity index is 224. The van der Waals surface area contributed by atoms with Gasteiger partial charge in [0.2, 0.25) is 5.91 Å². The van der Waals surface area contributed by atoms with E-state index in [0.717, 1.165) is 38.0 Å². The summed E-state index contributed by atoms with van der Waals surface area (Å²) in [7, 11) is 0. The van der Waals surface area contributed by atoms with Gasteiger partial charge in [-0.15, -0.1) is 0 Å². The van der Waals surface area contributed by atoms with Gasteiger partial charge in [0.15, 0.2) is 0 Å². The molecule has 2 aliphatic rings. The molecule has 0 spiro atoms. The first kappa shape index (κ1) is 9.97. The molecule has 3 nitrogen and oxygen atoms in total. The van der Waals surface area contributed by atoms with Crippen molar-refractivity contribution in [2.75, 3.05) is 6.54 Å². The minimum absolute atomic E-state index is 0.196.